The van der Waals surface area contributed by atoms with Gasteiger partial charge in [-0.25, -0.2) is 0 Å². The number of rotatable bonds is 3. The summed E-state index contributed by atoms with van der Waals surface area (Å²) in [6, 6.07) is 3.93. The average Bonchev–Trinajstić information content (AvgIpc) is 2.42. The lowest BCUT2D eigenvalue weighted by molar-refractivity contribution is 0.0121. The number of nitrogens with two attached hydrogens (primary N) is 1. The molecule has 0 radical (unpaired) electrons. The van der Waals surface area contributed by atoms with E-state index in [1.807, 2.05) is 12.1 Å². The summed E-state index contributed by atoms with van der Waals surface area (Å²) < 4.78 is 11.0. The lowest BCUT2D eigenvalue weighted by Crippen LogP contribution is -2.44. The largest absolute Gasteiger partial charge is 0.496 e. The zero-order valence-corrected chi connectivity index (χ0v) is 11.3. The van der Waals surface area contributed by atoms with Gasteiger partial charge in [0.05, 0.1) is 25.9 Å². The third kappa shape index (κ3) is 2.51. The summed E-state index contributed by atoms with van der Waals surface area (Å²) in [5, 5.41) is 3.31. The number of hydrogen-bond acceptors (Lipinski definition) is 4. The van der Waals surface area contributed by atoms with Crippen molar-refractivity contribution in [2.45, 2.75) is 26.0 Å². The van der Waals surface area contributed by atoms with Gasteiger partial charge in [0.1, 0.15) is 5.75 Å². The van der Waals surface area contributed by atoms with Crippen LogP contribution < -0.4 is 15.8 Å². The molecule has 0 aliphatic carbocycles. The normalized spacial score (nSPS) is 21.7. The van der Waals surface area contributed by atoms with E-state index in [1.54, 1.807) is 7.11 Å². The maximum absolute atomic E-state index is 6.33. The molecule has 1 aromatic rings. The maximum atomic E-state index is 6.33. The summed E-state index contributed by atoms with van der Waals surface area (Å²) in [5.74, 6) is 0.908. The van der Waals surface area contributed by atoms with Crippen LogP contribution in [0.1, 0.15) is 22.7 Å². The molecule has 4 heteroatoms. The Balaban J connectivity index is 2.24. The molecule has 1 fully saturated rings. The predicted molar refractivity (Wildman–Crippen MR) is 72.0 cm³/mol. The molecule has 0 saturated carbocycles. The van der Waals surface area contributed by atoms with Crippen molar-refractivity contribution >= 4 is 0 Å². The molecule has 1 heterocycles. The highest BCUT2D eigenvalue weighted by atomic mass is 16.5. The number of benzene rings is 1. The fraction of sp³-hybridized carbons (Fsp3) is 0.571. The third-order valence-corrected chi connectivity index (χ3v) is 3.72. The van der Waals surface area contributed by atoms with Crippen LogP contribution in [0.25, 0.3) is 0 Å². The summed E-state index contributed by atoms with van der Waals surface area (Å²) in [6.07, 6.45) is 0.0465. The van der Waals surface area contributed by atoms with Crippen LogP contribution in [0.3, 0.4) is 0 Å². The zero-order chi connectivity index (χ0) is 13.1. The van der Waals surface area contributed by atoms with Gasteiger partial charge in [0.15, 0.2) is 0 Å². The molecule has 4 nitrogen and oxygen atoms in total. The molecule has 0 aromatic heterocycles. The average molecular weight is 250 g/mol. The second-order valence-corrected chi connectivity index (χ2v) is 4.75. The van der Waals surface area contributed by atoms with Gasteiger partial charge in [0, 0.05) is 13.1 Å². The van der Waals surface area contributed by atoms with E-state index < -0.39 is 0 Å². The smallest absolute Gasteiger partial charge is 0.122 e. The van der Waals surface area contributed by atoms with Crippen LogP contribution in [0.5, 0.6) is 5.75 Å². The minimum Gasteiger partial charge on any atom is -0.496 e. The van der Waals surface area contributed by atoms with E-state index in [0.29, 0.717) is 0 Å². The van der Waals surface area contributed by atoms with Crippen LogP contribution in [0, 0.1) is 13.8 Å². The molecule has 18 heavy (non-hydrogen) atoms. The summed E-state index contributed by atoms with van der Waals surface area (Å²) in [7, 11) is 1.69. The van der Waals surface area contributed by atoms with E-state index in [1.165, 1.54) is 5.56 Å². The van der Waals surface area contributed by atoms with Gasteiger partial charge in [-0.05, 0) is 36.6 Å². The van der Waals surface area contributed by atoms with Gasteiger partial charge in [0.2, 0.25) is 0 Å². The minimum atomic E-state index is -0.0950. The summed E-state index contributed by atoms with van der Waals surface area (Å²) in [6.45, 7) is 6.59. The van der Waals surface area contributed by atoms with Crippen LogP contribution in [0.2, 0.25) is 0 Å². The van der Waals surface area contributed by atoms with Crippen molar-refractivity contribution in [3.8, 4) is 5.75 Å². The lowest BCUT2D eigenvalue weighted by atomic mass is 9.93. The number of methoxy groups -OCH3 is 1. The second-order valence-electron chi connectivity index (χ2n) is 4.75. The minimum absolute atomic E-state index is 0.0465. The van der Waals surface area contributed by atoms with E-state index in [2.05, 4.69) is 19.2 Å². The highest BCUT2D eigenvalue weighted by Crippen LogP contribution is 2.29. The van der Waals surface area contributed by atoms with Crippen molar-refractivity contribution in [2.75, 3.05) is 26.8 Å². The van der Waals surface area contributed by atoms with Crippen LogP contribution in [-0.2, 0) is 4.74 Å². The molecule has 1 saturated heterocycles. The fourth-order valence-corrected chi connectivity index (χ4v) is 2.42. The van der Waals surface area contributed by atoms with Crippen molar-refractivity contribution in [2.24, 2.45) is 5.73 Å². The van der Waals surface area contributed by atoms with Crippen molar-refractivity contribution in [1.29, 1.82) is 0 Å². The first-order chi connectivity index (χ1) is 8.65. The first-order valence-corrected chi connectivity index (χ1v) is 6.37. The number of ether oxygens (including phenoxy) is 2. The topological polar surface area (TPSA) is 56.5 Å². The Labute approximate surface area is 108 Å². The molecule has 1 aliphatic rings. The van der Waals surface area contributed by atoms with Gasteiger partial charge in [-0.1, -0.05) is 6.07 Å². The molecule has 100 valence electrons. The first-order valence-electron chi connectivity index (χ1n) is 6.37. The van der Waals surface area contributed by atoms with E-state index in [-0.39, 0.29) is 12.1 Å². The second kappa shape index (κ2) is 5.69. The van der Waals surface area contributed by atoms with E-state index >= 15 is 0 Å². The Morgan fingerprint density at radius 2 is 2.17 bits per heavy atom. The third-order valence-electron chi connectivity index (χ3n) is 3.72. The molecular formula is C14H22N2O2. The molecule has 1 aliphatic heterocycles. The molecule has 0 spiro atoms. The van der Waals surface area contributed by atoms with Crippen molar-refractivity contribution in [1.82, 2.24) is 5.32 Å². The Hall–Kier alpha value is -1.10. The monoisotopic (exact) mass is 250 g/mol. The lowest BCUT2D eigenvalue weighted by Gasteiger charge is -2.30. The molecule has 2 unspecified atom stereocenters. The number of hydrogen-bond donors (Lipinski definition) is 2. The number of morpholine rings is 1. The van der Waals surface area contributed by atoms with Gasteiger partial charge in [-0.2, -0.15) is 0 Å². The van der Waals surface area contributed by atoms with Crippen molar-refractivity contribution in [3.63, 3.8) is 0 Å². The van der Waals surface area contributed by atoms with Gasteiger partial charge in [0.25, 0.3) is 0 Å². The first kappa shape index (κ1) is 13.3. The SMILES string of the molecule is COc1ccc(C(N)C2CNCCO2)c(C)c1C. The van der Waals surface area contributed by atoms with Crippen LogP contribution in [0.4, 0.5) is 0 Å². The maximum Gasteiger partial charge on any atom is 0.122 e. The Morgan fingerprint density at radius 1 is 1.39 bits per heavy atom. The standard InChI is InChI=1S/C14H22N2O2/c1-9-10(2)12(17-3)5-4-11(9)14(15)13-8-16-6-7-18-13/h4-5,13-14,16H,6-8,15H2,1-3H3. The van der Waals surface area contributed by atoms with Gasteiger partial charge in [-0.15, -0.1) is 0 Å². The van der Waals surface area contributed by atoms with Gasteiger partial charge >= 0.3 is 0 Å². The van der Waals surface area contributed by atoms with Crippen LogP contribution in [0.15, 0.2) is 12.1 Å². The van der Waals surface area contributed by atoms with E-state index in [4.69, 9.17) is 15.2 Å². The van der Waals surface area contributed by atoms with E-state index in [9.17, 15) is 0 Å². The molecule has 1 aromatic carbocycles. The van der Waals surface area contributed by atoms with Gasteiger partial charge in [-0.3, -0.25) is 0 Å². The van der Waals surface area contributed by atoms with Crippen molar-refractivity contribution < 1.29 is 9.47 Å². The quantitative estimate of drug-likeness (QED) is 0.849. The summed E-state index contributed by atoms with van der Waals surface area (Å²) in [4.78, 5) is 0. The molecular weight excluding hydrogens is 228 g/mol. The summed E-state index contributed by atoms with van der Waals surface area (Å²) in [5.41, 5.74) is 9.80. The Kier molecular flexibility index (Phi) is 4.22. The Morgan fingerprint density at radius 3 is 2.78 bits per heavy atom. The summed E-state index contributed by atoms with van der Waals surface area (Å²) >= 11 is 0. The fourth-order valence-electron chi connectivity index (χ4n) is 2.42. The predicted octanol–water partition coefficient (Wildman–Crippen LogP) is 1.30. The van der Waals surface area contributed by atoms with Crippen LogP contribution >= 0.6 is 0 Å². The molecule has 2 rings (SSSR count). The molecule has 2 atom stereocenters. The van der Waals surface area contributed by atoms with E-state index in [0.717, 1.165) is 36.6 Å². The number of nitrogens with one attached hydrogen (secondary N) is 1. The van der Waals surface area contributed by atoms with Crippen LogP contribution in [-0.4, -0.2) is 32.9 Å². The van der Waals surface area contributed by atoms with Crippen molar-refractivity contribution in [3.05, 3.63) is 28.8 Å². The van der Waals surface area contributed by atoms with Gasteiger partial charge < -0.3 is 20.5 Å². The highest BCUT2D eigenvalue weighted by Gasteiger charge is 2.24. The molecule has 3 N–H and O–H groups in total. The molecule has 0 bridgehead atoms. The Bertz CT molecular complexity index is 415. The zero-order valence-electron chi connectivity index (χ0n) is 11.3. The highest BCUT2D eigenvalue weighted by molar-refractivity contribution is 5.45. The molecule has 0 amide bonds.